The summed E-state index contributed by atoms with van der Waals surface area (Å²) in [7, 11) is 0. The van der Waals surface area contributed by atoms with Crippen LogP contribution in [0, 0.1) is 0 Å². The van der Waals surface area contributed by atoms with Crippen LogP contribution in [0.4, 0.5) is 23.7 Å². The molecule has 0 radical (unpaired) electrons. The van der Waals surface area contributed by atoms with Gasteiger partial charge in [0.05, 0.1) is 5.56 Å². The van der Waals surface area contributed by atoms with Crippen LogP contribution < -0.4 is 10.1 Å². The van der Waals surface area contributed by atoms with Gasteiger partial charge in [-0.15, -0.1) is 0 Å². The Morgan fingerprint density at radius 3 is 2.56 bits per heavy atom. The molecule has 0 aliphatic carbocycles. The lowest BCUT2D eigenvalue weighted by atomic mass is 10.1. The van der Waals surface area contributed by atoms with E-state index >= 15 is 0 Å². The zero-order valence-electron chi connectivity index (χ0n) is 14.2. The summed E-state index contributed by atoms with van der Waals surface area (Å²) in [5, 5.41) is 3.31. The van der Waals surface area contributed by atoms with Gasteiger partial charge in [0.15, 0.2) is 0 Å². The number of urea groups is 1. The van der Waals surface area contributed by atoms with Crippen LogP contribution in [-0.4, -0.2) is 35.1 Å². The van der Waals surface area contributed by atoms with E-state index < -0.39 is 11.7 Å². The van der Waals surface area contributed by atoms with Gasteiger partial charge < -0.3 is 15.0 Å². The number of nitrogens with zero attached hydrogens (tertiary/aromatic N) is 2. The highest BCUT2D eigenvalue weighted by atomic mass is 35.5. The molecular formula is C18H17ClF3N3O2. The third kappa shape index (κ3) is 5.26. The smallest absolute Gasteiger partial charge is 0.417 e. The monoisotopic (exact) mass is 399 g/mol. The largest absolute Gasteiger partial charge is 0.474 e. The molecule has 1 aliphatic heterocycles. The maximum absolute atomic E-state index is 12.5. The van der Waals surface area contributed by atoms with Crippen molar-refractivity contribution in [3.05, 3.63) is 53.2 Å². The lowest BCUT2D eigenvalue weighted by molar-refractivity contribution is -0.137. The molecule has 1 aromatic carbocycles. The summed E-state index contributed by atoms with van der Waals surface area (Å²) < 4.78 is 43.3. The van der Waals surface area contributed by atoms with Crippen molar-refractivity contribution in [2.75, 3.05) is 18.4 Å². The van der Waals surface area contributed by atoms with Gasteiger partial charge in [0.1, 0.15) is 6.10 Å². The molecule has 2 heterocycles. The van der Waals surface area contributed by atoms with E-state index in [0.29, 0.717) is 36.6 Å². The molecule has 0 atom stereocenters. The van der Waals surface area contributed by atoms with Crippen molar-refractivity contribution in [3.8, 4) is 5.88 Å². The van der Waals surface area contributed by atoms with Gasteiger partial charge >= 0.3 is 12.2 Å². The number of benzene rings is 1. The summed E-state index contributed by atoms with van der Waals surface area (Å²) in [6.07, 6.45) is -2.75. The van der Waals surface area contributed by atoms with Crippen molar-refractivity contribution in [1.29, 1.82) is 0 Å². The highest BCUT2D eigenvalue weighted by Crippen LogP contribution is 2.29. The summed E-state index contributed by atoms with van der Waals surface area (Å²) in [5.41, 5.74) is -0.206. The van der Waals surface area contributed by atoms with Gasteiger partial charge in [0.25, 0.3) is 0 Å². The number of halogens is 4. The van der Waals surface area contributed by atoms with Crippen molar-refractivity contribution in [3.63, 3.8) is 0 Å². The van der Waals surface area contributed by atoms with Crippen LogP contribution in [0.25, 0.3) is 0 Å². The number of alkyl halides is 3. The summed E-state index contributed by atoms with van der Waals surface area (Å²) >= 11 is 5.90. The first-order valence-electron chi connectivity index (χ1n) is 8.32. The maximum Gasteiger partial charge on any atom is 0.417 e. The van der Waals surface area contributed by atoms with Gasteiger partial charge in [-0.3, -0.25) is 0 Å². The van der Waals surface area contributed by atoms with E-state index in [1.807, 2.05) is 0 Å². The molecule has 9 heteroatoms. The fourth-order valence-corrected chi connectivity index (χ4v) is 2.92. The standard InChI is InChI=1S/C18H17ClF3N3O2/c19-13-2-1-3-14(10-13)24-17(26)25-8-6-15(7-9-25)27-16-5-4-12(11-23-16)18(20,21)22/h1-5,10-11,15H,6-9H2,(H,24,26). The second kappa shape index (κ2) is 8.04. The molecule has 1 N–H and O–H groups in total. The number of anilines is 1. The van der Waals surface area contributed by atoms with E-state index in [0.717, 1.165) is 12.3 Å². The number of amides is 2. The molecular weight excluding hydrogens is 383 g/mol. The Hall–Kier alpha value is -2.48. The number of nitrogens with one attached hydrogen (secondary N) is 1. The van der Waals surface area contributed by atoms with Gasteiger partial charge in [-0.25, -0.2) is 9.78 Å². The summed E-state index contributed by atoms with van der Waals surface area (Å²) in [6.45, 7) is 0.940. The maximum atomic E-state index is 12.5. The number of likely N-dealkylation sites (tertiary alicyclic amines) is 1. The van der Waals surface area contributed by atoms with E-state index in [4.69, 9.17) is 16.3 Å². The van der Waals surface area contributed by atoms with Gasteiger partial charge in [0, 0.05) is 48.9 Å². The van der Waals surface area contributed by atoms with Crippen molar-refractivity contribution < 1.29 is 22.7 Å². The number of rotatable bonds is 3. The van der Waals surface area contributed by atoms with Crippen LogP contribution >= 0.6 is 11.6 Å². The fourth-order valence-electron chi connectivity index (χ4n) is 2.73. The highest BCUT2D eigenvalue weighted by Gasteiger charge is 2.31. The Morgan fingerprint density at radius 1 is 1.22 bits per heavy atom. The van der Waals surface area contributed by atoms with Crippen LogP contribution in [0.15, 0.2) is 42.6 Å². The number of hydrogen-bond acceptors (Lipinski definition) is 3. The van der Waals surface area contributed by atoms with Crippen molar-refractivity contribution in [2.24, 2.45) is 0 Å². The number of piperidine rings is 1. The first-order valence-corrected chi connectivity index (χ1v) is 8.70. The van der Waals surface area contributed by atoms with E-state index in [2.05, 4.69) is 10.3 Å². The predicted molar refractivity (Wildman–Crippen MR) is 94.9 cm³/mol. The van der Waals surface area contributed by atoms with Crippen molar-refractivity contribution in [1.82, 2.24) is 9.88 Å². The molecule has 2 amide bonds. The second-order valence-corrected chi connectivity index (χ2v) is 6.56. The topological polar surface area (TPSA) is 54.5 Å². The number of aromatic nitrogens is 1. The first-order chi connectivity index (χ1) is 12.8. The second-order valence-electron chi connectivity index (χ2n) is 6.13. The molecule has 27 heavy (non-hydrogen) atoms. The van der Waals surface area contributed by atoms with Gasteiger partial charge in [-0.1, -0.05) is 17.7 Å². The third-order valence-electron chi connectivity index (χ3n) is 4.16. The minimum absolute atomic E-state index is 0.143. The molecule has 0 saturated carbocycles. The minimum atomic E-state index is -4.42. The van der Waals surface area contributed by atoms with Crippen molar-refractivity contribution >= 4 is 23.3 Å². The molecule has 1 saturated heterocycles. The zero-order valence-corrected chi connectivity index (χ0v) is 14.9. The lowest BCUT2D eigenvalue weighted by Gasteiger charge is -2.32. The first kappa shape index (κ1) is 19.3. The Labute approximate surface area is 159 Å². The average molecular weight is 400 g/mol. The summed E-state index contributed by atoms with van der Waals surface area (Å²) in [6, 6.07) is 8.78. The molecule has 1 aliphatic rings. The molecule has 1 fully saturated rings. The number of carbonyl (C=O) groups is 1. The molecule has 2 aromatic rings. The zero-order chi connectivity index (χ0) is 19.4. The minimum Gasteiger partial charge on any atom is -0.474 e. The Kier molecular flexibility index (Phi) is 5.74. The summed E-state index contributed by atoms with van der Waals surface area (Å²) in [4.78, 5) is 17.7. The average Bonchev–Trinajstić information content (AvgIpc) is 2.62. The Balaban J connectivity index is 1.49. The van der Waals surface area contributed by atoms with Gasteiger partial charge in [0.2, 0.25) is 5.88 Å². The highest BCUT2D eigenvalue weighted by molar-refractivity contribution is 6.30. The van der Waals surface area contributed by atoms with Crippen LogP contribution in [-0.2, 0) is 6.18 Å². The van der Waals surface area contributed by atoms with Crippen LogP contribution in [0.2, 0.25) is 5.02 Å². The summed E-state index contributed by atoms with van der Waals surface area (Å²) in [5.74, 6) is 0.143. The molecule has 0 spiro atoms. The molecule has 3 rings (SSSR count). The van der Waals surface area contributed by atoms with Crippen LogP contribution in [0.5, 0.6) is 5.88 Å². The van der Waals surface area contributed by atoms with Gasteiger partial charge in [-0.05, 0) is 24.3 Å². The quantitative estimate of drug-likeness (QED) is 0.804. The van der Waals surface area contributed by atoms with E-state index in [1.54, 1.807) is 29.2 Å². The number of ether oxygens (including phenoxy) is 1. The van der Waals surface area contributed by atoms with E-state index in [9.17, 15) is 18.0 Å². The van der Waals surface area contributed by atoms with Crippen molar-refractivity contribution in [2.45, 2.75) is 25.1 Å². The molecule has 0 unspecified atom stereocenters. The Morgan fingerprint density at radius 2 is 1.96 bits per heavy atom. The third-order valence-corrected chi connectivity index (χ3v) is 4.39. The Bertz CT molecular complexity index is 791. The predicted octanol–water partition coefficient (Wildman–Crippen LogP) is 4.83. The van der Waals surface area contributed by atoms with Crippen LogP contribution in [0.1, 0.15) is 18.4 Å². The lowest BCUT2D eigenvalue weighted by Crippen LogP contribution is -2.43. The van der Waals surface area contributed by atoms with E-state index in [-0.39, 0.29) is 18.0 Å². The molecule has 5 nitrogen and oxygen atoms in total. The van der Waals surface area contributed by atoms with Gasteiger partial charge in [-0.2, -0.15) is 13.2 Å². The fraction of sp³-hybridized carbons (Fsp3) is 0.333. The molecule has 0 bridgehead atoms. The molecule has 1 aromatic heterocycles. The normalized spacial score (nSPS) is 15.5. The molecule has 144 valence electrons. The van der Waals surface area contributed by atoms with E-state index in [1.165, 1.54) is 6.07 Å². The van der Waals surface area contributed by atoms with Crippen LogP contribution in [0.3, 0.4) is 0 Å². The number of pyridine rings is 1. The number of hydrogen-bond donors (Lipinski definition) is 1. The number of carbonyl (C=O) groups excluding carboxylic acids is 1. The SMILES string of the molecule is O=C(Nc1cccc(Cl)c1)N1CCC(Oc2ccc(C(F)(F)F)cn2)CC1.